The Balaban J connectivity index is 3.07. The molecule has 0 aliphatic heterocycles. The molecular weight excluding hydrogens is 244 g/mol. The van der Waals surface area contributed by atoms with Crippen molar-refractivity contribution in [1.82, 2.24) is 0 Å². The van der Waals surface area contributed by atoms with Gasteiger partial charge in [-0.2, -0.15) is 0 Å². The Bertz CT molecular complexity index is 86.9. The predicted molar refractivity (Wildman–Crippen MR) is 50.1 cm³/mol. The Labute approximate surface area is 74.0 Å². The summed E-state index contributed by atoms with van der Waals surface area (Å²) < 4.78 is 1.26. The normalized spacial score (nSPS) is 12.1. The van der Waals surface area contributed by atoms with Gasteiger partial charge in [0.25, 0.3) is 0 Å². The molecule has 0 fully saturated rings. The van der Waals surface area contributed by atoms with Gasteiger partial charge in [-0.15, -0.1) is 0 Å². The summed E-state index contributed by atoms with van der Waals surface area (Å²) in [6.45, 7) is 2.21. The first kappa shape index (κ1) is 9.70. The minimum atomic E-state index is 1.17. The molecule has 0 aliphatic rings. The zero-order valence-corrected chi connectivity index (χ0v) is 8.83. The molecule has 0 atom stereocenters. The van der Waals surface area contributed by atoms with Gasteiger partial charge in [0.15, 0.2) is 0 Å². The van der Waals surface area contributed by atoms with Crippen LogP contribution in [0.15, 0.2) is 9.47 Å². The Hall–Kier alpha value is 0.700. The Morgan fingerprint density at radius 3 is 2.56 bits per heavy atom. The molecule has 0 aromatic heterocycles. The van der Waals surface area contributed by atoms with Crippen LogP contribution in [-0.4, -0.2) is 0 Å². The van der Waals surface area contributed by atoms with Gasteiger partial charge in [0.2, 0.25) is 0 Å². The summed E-state index contributed by atoms with van der Waals surface area (Å²) in [4.78, 5) is 1.93. The number of allylic oxidation sites excluding steroid dienone is 1. The van der Waals surface area contributed by atoms with E-state index in [9.17, 15) is 0 Å². The van der Waals surface area contributed by atoms with E-state index >= 15 is 0 Å². The number of halogens is 2. The lowest BCUT2D eigenvalue weighted by atomic mass is 10.2. The fourth-order valence-corrected chi connectivity index (χ4v) is 1.11. The third-order valence-electron chi connectivity index (χ3n) is 1.14. The van der Waals surface area contributed by atoms with Crippen LogP contribution >= 0.6 is 31.9 Å². The van der Waals surface area contributed by atoms with E-state index in [1.807, 2.05) is 4.99 Å². The third-order valence-corrected chi connectivity index (χ3v) is 2.93. The molecule has 9 heavy (non-hydrogen) atoms. The lowest BCUT2D eigenvalue weighted by Crippen LogP contribution is -1.73. The van der Waals surface area contributed by atoms with Crippen molar-refractivity contribution in [2.75, 3.05) is 0 Å². The average Bonchev–Trinajstić information content (AvgIpc) is 1.89. The number of unbranched alkanes of at least 4 members (excludes halogenated alkanes) is 2. The average molecular weight is 256 g/mol. The number of rotatable bonds is 4. The molecule has 0 aromatic rings. The van der Waals surface area contributed by atoms with Gasteiger partial charge < -0.3 is 0 Å². The molecule has 0 heterocycles. The lowest BCUT2D eigenvalue weighted by molar-refractivity contribution is 0.727. The van der Waals surface area contributed by atoms with Crippen molar-refractivity contribution in [3.8, 4) is 0 Å². The van der Waals surface area contributed by atoms with Gasteiger partial charge in [-0.05, 0) is 17.8 Å². The number of hydrogen-bond acceptors (Lipinski definition) is 0. The van der Waals surface area contributed by atoms with E-state index in [2.05, 4.69) is 38.8 Å². The first-order valence-corrected chi connectivity index (χ1v) is 4.97. The molecule has 0 radical (unpaired) electrons. The standard InChI is InChI=1S/C7H12Br2/c1-2-3-4-5-7(9)6-8/h6H,2-5H2,1H3/b7-6-. The molecule has 0 N–H and O–H groups in total. The van der Waals surface area contributed by atoms with Crippen LogP contribution in [0.2, 0.25) is 0 Å². The summed E-state index contributed by atoms with van der Waals surface area (Å²) in [6.07, 6.45) is 5.08. The Morgan fingerprint density at radius 1 is 1.44 bits per heavy atom. The maximum atomic E-state index is 3.42. The summed E-state index contributed by atoms with van der Waals surface area (Å²) in [5.74, 6) is 0. The smallest absolute Gasteiger partial charge is 0.00197 e. The molecule has 0 bridgehead atoms. The molecule has 0 aliphatic carbocycles. The van der Waals surface area contributed by atoms with Crippen molar-refractivity contribution in [3.05, 3.63) is 9.47 Å². The van der Waals surface area contributed by atoms with E-state index in [-0.39, 0.29) is 0 Å². The molecule has 0 aromatic carbocycles. The van der Waals surface area contributed by atoms with E-state index in [1.54, 1.807) is 0 Å². The van der Waals surface area contributed by atoms with Crippen LogP contribution in [0.3, 0.4) is 0 Å². The highest BCUT2D eigenvalue weighted by atomic mass is 79.9. The molecule has 2 heteroatoms. The highest BCUT2D eigenvalue weighted by Gasteiger charge is 1.88. The van der Waals surface area contributed by atoms with Crippen molar-refractivity contribution < 1.29 is 0 Å². The van der Waals surface area contributed by atoms with E-state index < -0.39 is 0 Å². The van der Waals surface area contributed by atoms with Crippen LogP contribution in [0, 0.1) is 0 Å². The van der Waals surface area contributed by atoms with Crippen molar-refractivity contribution in [3.63, 3.8) is 0 Å². The summed E-state index contributed by atoms with van der Waals surface area (Å²) in [6, 6.07) is 0. The second kappa shape index (κ2) is 6.81. The largest absolute Gasteiger partial charge is 0.0654 e. The van der Waals surface area contributed by atoms with Gasteiger partial charge in [-0.1, -0.05) is 51.6 Å². The Morgan fingerprint density at radius 2 is 2.11 bits per heavy atom. The van der Waals surface area contributed by atoms with Crippen LogP contribution < -0.4 is 0 Å². The summed E-state index contributed by atoms with van der Waals surface area (Å²) in [5, 5.41) is 0. The fourth-order valence-electron chi connectivity index (χ4n) is 0.598. The second-order valence-electron chi connectivity index (χ2n) is 2.01. The van der Waals surface area contributed by atoms with Gasteiger partial charge in [-0.25, -0.2) is 0 Å². The quantitative estimate of drug-likeness (QED) is 0.661. The molecule has 0 rings (SSSR count). The van der Waals surface area contributed by atoms with Gasteiger partial charge >= 0.3 is 0 Å². The van der Waals surface area contributed by atoms with Crippen LogP contribution in [0.5, 0.6) is 0 Å². The van der Waals surface area contributed by atoms with Gasteiger partial charge in [-0.3, -0.25) is 0 Å². The third kappa shape index (κ3) is 6.59. The van der Waals surface area contributed by atoms with Crippen LogP contribution in [0.1, 0.15) is 32.6 Å². The van der Waals surface area contributed by atoms with Crippen molar-refractivity contribution in [2.45, 2.75) is 32.6 Å². The summed E-state index contributed by atoms with van der Waals surface area (Å²) in [5.41, 5.74) is 0. The molecule has 0 nitrogen and oxygen atoms in total. The monoisotopic (exact) mass is 254 g/mol. The SMILES string of the molecule is CCCCC/C(Br)=C/Br. The summed E-state index contributed by atoms with van der Waals surface area (Å²) in [7, 11) is 0. The first-order chi connectivity index (χ1) is 4.31. The molecule has 0 amide bonds. The fraction of sp³-hybridized carbons (Fsp3) is 0.714. The maximum absolute atomic E-state index is 3.42. The molecule has 0 spiro atoms. The van der Waals surface area contributed by atoms with Crippen molar-refractivity contribution in [2.24, 2.45) is 0 Å². The second-order valence-corrected chi connectivity index (χ2v) is 3.49. The lowest BCUT2D eigenvalue weighted by Gasteiger charge is -1.94. The zero-order chi connectivity index (χ0) is 7.11. The molecule has 0 unspecified atom stereocenters. The van der Waals surface area contributed by atoms with E-state index in [0.717, 1.165) is 0 Å². The number of hydrogen-bond donors (Lipinski definition) is 0. The van der Waals surface area contributed by atoms with Gasteiger partial charge in [0.1, 0.15) is 0 Å². The molecule has 0 saturated heterocycles. The molecule has 0 saturated carbocycles. The van der Waals surface area contributed by atoms with Crippen molar-refractivity contribution in [1.29, 1.82) is 0 Å². The first-order valence-electron chi connectivity index (χ1n) is 3.26. The Kier molecular flexibility index (Phi) is 7.34. The molecular formula is C7H12Br2. The minimum absolute atomic E-state index is 1.17. The van der Waals surface area contributed by atoms with Crippen molar-refractivity contribution >= 4 is 31.9 Å². The maximum Gasteiger partial charge on any atom is 0.00197 e. The van der Waals surface area contributed by atoms with E-state index in [1.165, 1.54) is 30.2 Å². The van der Waals surface area contributed by atoms with E-state index in [0.29, 0.717) is 0 Å². The molecule has 54 valence electrons. The van der Waals surface area contributed by atoms with Gasteiger partial charge in [0.05, 0.1) is 0 Å². The highest BCUT2D eigenvalue weighted by molar-refractivity contribution is 9.14. The predicted octanol–water partition coefficient (Wildman–Crippen LogP) is 4.20. The van der Waals surface area contributed by atoms with Crippen LogP contribution in [0.25, 0.3) is 0 Å². The minimum Gasteiger partial charge on any atom is -0.0654 e. The van der Waals surface area contributed by atoms with Crippen LogP contribution in [0.4, 0.5) is 0 Å². The zero-order valence-electron chi connectivity index (χ0n) is 5.66. The van der Waals surface area contributed by atoms with Crippen LogP contribution in [-0.2, 0) is 0 Å². The highest BCUT2D eigenvalue weighted by Crippen LogP contribution is 2.16. The van der Waals surface area contributed by atoms with E-state index in [4.69, 9.17) is 0 Å². The van der Waals surface area contributed by atoms with Gasteiger partial charge in [0, 0.05) is 4.48 Å². The topological polar surface area (TPSA) is 0 Å². The summed E-state index contributed by atoms with van der Waals surface area (Å²) >= 11 is 6.68.